The molecule has 0 unspecified atom stereocenters. The van der Waals surface area contributed by atoms with E-state index < -0.39 is 0 Å². The van der Waals surface area contributed by atoms with E-state index in [1.54, 1.807) is 11.8 Å². The van der Waals surface area contributed by atoms with E-state index in [0.29, 0.717) is 11.7 Å². The van der Waals surface area contributed by atoms with E-state index in [0.717, 1.165) is 38.9 Å². The van der Waals surface area contributed by atoms with Crippen molar-refractivity contribution < 1.29 is 0 Å². The first-order valence-electron chi connectivity index (χ1n) is 7.49. The molecule has 2 heterocycles. The van der Waals surface area contributed by atoms with Crippen LogP contribution in [0.4, 0.5) is 0 Å². The maximum Gasteiger partial charge on any atom is 0.209 e. The van der Waals surface area contributed by atoms with Gasteiger partial charge in [0.05, 0.1) is 16.2 Å². The van der Waals surface area contributed by atoms with Crippen LogP contribution in [-0.4, -0.2) is 25.2 Å². The molecule has 0 aliphatic carbocycles. The number of para-hydroxylation sites is 1. The Hall–Kier alpha value is -1.66. The van der Waals surface area contributed by atoms with Crippen molar-refractivity contribution in [3.63, 3.8) is 0 Å². The molecule has 23 heavy (non-hydrogen) atoms. The molecule has 0 aliphatic heterocycles. The van der Waals surface area contributed by atoms with Crippen molar-refractivity contribution in [2.75, 3.05) is 0 Å². The maximum absolute atomic E-state index is 6.50. The van der Waals surface area contributed by atoms with E-state index >= 15 is 0 Å². The molecule has 0 bridgehead atoms. The smallest absolute Gasteiger partial charge is 0.209 e. The molecule has 7 heteroatoms. The summed E-state index contributed by atoms with van der Waals surface area (Å²) in [6, 6.07) is 8.05. The third-order valence-corrected chi connectivity index (χ3v) is 4.99. The molecule has 0 N–H and O–H groups in total. The fraction of sp³-hybridized carbons (Fsp3) is 0.375. The number of hydrogen-bond donors (Lipinski definition) is 0. The van der Waals surface area contributed by atoms with Crippen molar-refractivity contribution in [2.45, 2.75) is 38.2 Å². The second-order valence-electron chi connectivity index (χ2n) is 5.84. The van der Waals surface area contributed by atoms with Crippen molar-refractivity contribution in [1.82, 2.24) is 25.2 Å². The van der Waals surface area contributed by atoms with Crippen molar-refractivity contribution >= 4 is 34.3 Å². The van der Waals surface area contributed by atoms with Crippen LogP contribution in [0.5, 0.6) is 0 Å². The van der Waals surface area contributed by atoms with Gasteiger partial charge in [-0.3, -0.25) is 4.98 Å². The lowest BCUT2D eigenvalue weighted by atomic mass is 10.1. The summed E-state index contributed by atoms with van der Waals surface area (Å²) in [6.07, 6.45) is 0. The minimum absolute atomic E-state index is 0.488. The van der Waals surface area contributed by atoms with Gasteiger partial charge in [0.1, 0.15) is 0 Å². The van der Waals surface area contributed by atoms with Crippen LogP contribution in [0.3, 0.4) is 0 Å². The third-order valence-electron chi connectivity index (χ3n) is 3.52. The molecule has 0 fully saturated rings. The van der Waals surface area contributed by atoms with Crippen molar-refractivity contribution in [1.29, 1.82) is 0 Å². The van der Waals surface area contributed by atoms with Gasteiger partial charge in [0, 0.05) is 17.7 Å². The minimum Gasteiger partial charge on any atom is -0.250 e. The fourth-order valence-corrected chi connectivity index (χ4v) is 3.53. The van der Waals surface area contributed by atoms with Crippen molar-refractivity contribution in [3.8, 4) is 0 Å². The Morgan fingerprint density at radius 3 is 2.83 bits per heavy atom. The predicted molar refractivity (Wildman–Crippen MR) is 93.7 cm³/mol. The van der Waals surface area contributed by atoms with Crippen LogP contribution < -0.4 is 0 Å². The molecule has 3 aromatic rings. The zero-order valence-corrected chi connectivity index (χ0v) is 14.9. The highest BCUT2D eigenvalue weighted by atomic mass is 35.5. The second-order valence-corrected chi connectivity index (χ2v) is 7.16. The highest BCUT2D eigenvalue weighted by Gasteiger charge is 2.13. The number of hydrogen-bond acceptors (Lipinski definition) is 5. The summed E-state index contributed by atoms with van der Waals surface area (Å²) in [5, 5.41) is 14.5. The van der Waals surface area contributed by atoms with E-state index in [-0.39, 0.29) is 0 Å². The molecule has 0 radical (unpaired) electrons. The topological polar surface area (TPSA) is 56.5 Å². The summed E-state index contributed by atoms with van der Waals surface area (Å²) < 4.78 is 1.83. The molecule has 0 saturated heterocycles. The molecule has 0 spiro atoms. The number of tetrazole rings is 1. The van der Waals surface area contributed by atoms with Gasteiger partial charge in [0.25, 0.3) is 0 Å². The largest absolute Gasteiger partial charge is 0.250 e. The molecule has 1 aromatic carbocycles. The van der Waals surface area contributed by atoms with E-state index in [2.05, 4.69) is 29.4 Å². The average molecular weight is 348 g/mol. The lowest BCUT2D eigenvalue weighted by Gasteiger charge is -2.10. The Bertz CT molecular complexity index is 830. The number of aryl methyl sites for hydroxylation is 1. The number of benzene rings is 1. The summed E-state index contributed by atoms with van der Waals surface area (Å²) in [7, 11) is 0. The van der Waals surface area contributed by atoms with Gasteiger partial charge in [-0.1, -0.05) is 55.4 Å². The average Bonchev–Trinajstić information content (AvgIpc) is 2.96. The highest BCUT2D eigenvalue weighted by molar-refractivity contribution is 7.98. The normalized spacial score (nSPS) is 11.5. The molecule has 5 nitrogen and oxygen atoms in total. The van der Waals surface area contributed by atoms with E-state index in [9.17, 15) is 0 Å². The molecule has 2 aromatic heterocycles. The first-order chi connectivity index (χ1) is 11.1. The van der Waals surface area contributed by atoms with Crippen LogP contribution in [0.25, 0.3) is 10.9 Å². The van der Waals surface area contributed by atoms with Gasteiger partial charge in [0.2, 0.25) is 5.16 Å². The quantitative estimate of drug-likeness (QED) is 0.649. The molecular weight excluding hydrogens is 330 g/mol. The van der Waals surface area contributed by atoms with Crippen LogP contribution in [0.1, 0.15) is 25.1 Å². The Morgan fingerprint density at radius 1 is 1.26 bits per heavy atom. The number of thioether (sulfide) groups is 1. The number of halogens is 1. The van der Waals surface area contributed by atoms with Gasteiger partial charge in [-0.25, -0.2) is 4.68 Å². The number of fused-ring (bicyclic) bond motifs is 1. The summed E-state index contributed by atoms with van der Waals surface area (Å²) in [6.45, 7) is 7.11. The zero-order chi connectivity index (χ0) is 16.4. The number of nitrogens with zero attached hydrogens (tertiary/aromatic N) is 5. The highest BCUT2D eigenvalue weighted by Crippen LogP contribution is 2.30. The summed E-state index contributed by atoms with van der Waals surface area (Å²) in [5.74, 6) is 1.13. The number of aromatic nitrogens is 5. The lowest BCUT2D eigenvalue weighted by Crippen LogP contribution is -2.07. The van der Waals surface area contributed by atoms with Crippen LogP contribution in [0.15, 0.2) is 29.4 Å². The predicted octanol–water partition coefficient (Wildman–Crippen LogP) is 4.13. The van der Waals surface area contributed by atoms with Crippen molar-refractivity contribution in [2.24, 2.45) is 5.92 Å². The molecule has 3 rings (SSSR count). The van der Waals surface area contributed by atoms with Gasteiger partial charge in [-0.05, 0) is 34.9 Å². The SMILES string of the molecule is Cc1c(Cl)c(CSc2nnnn2CC(C)C)nc2ccccc12. The Morgan fingerprint density at radius 2 is 2.04 bits per heavy atom. The van der Waals surface area contributed by atoms with Crippen LogP contribution in [-0.2, 0) is 12.3 Å². The van der Waals surface area contributed by atoms with Gasteiger partial charge in [-0.2, -0.15) is 0 Å². The van der Waals surface area contributed by atoms with E-state index in [1.807, 2.05) is 35.9 Å². The Labute approximate surface area is 144 Å². The zero-order valence-electron chi connectivity index (χ0n) is 13.3. The summed E-state index contributed by atoms with van der Waals surface area (Å²) >= 11 is 8.06. The number of pyridine rings is 1. The standard InChI is InChI=1S/C16H18ClN5S/c1-10(2)8-22-16(19-20-21-22)23-9-14-15(17)11(3)12-6-4-5-7-13(12)18-14/h4-7,10H,8-9H2,1-3H3. The number of rotatable bonds is 5. The summed E-state index contributed by atoms with van der Waals surface area (Å²) in [5.41, 5.74) is 2.90. The van der Waals surface area contributed by atoms with Crippen LogP contribution >= 0.6 is 23.4 Å². The Balaban J connectivity index is 1.85. The van der Waals surface area contributed by atoms with Gasteiger partial charge < -0.3 is 0 Å². The Kier molecular flexibility index (Phi) is 4.82. The first kappa shape index (κ1) is 16.2. The molecule has 120 valence electrons. The van der Waals surface area contributed by atoms with Crippen molar-refractivity contribution in [3.05, 3.63) is 40.5 Å². The monoisotopic (exact) mass is 347 g/mol. The lowest BCUT2D eigenvalue weighted by molar-refractivity contribution is 0.446. The maximum atomic E-state index is 6.50. The van der Waals surface area contributed by atoms with Gasteiger partial charge in [0.15, 0.2) is 0 Å². The molecular formula is C16H18ClN5S. The molecule has 0 saturated carbocycles. The third kappa shape index (κ3) is 3.48. The molecule has 0 aliphatic rings. The van der Waals surface area contributed by atoms with E-state index in [4.69, 9.17) is 16.6 Å². The van der Waals surface area contributed by atoms with E-state index in [1.165, 1.54) is 0 Å². The second kappa shape index (κ2) is 6.84. The molecule has 0 amide bonds. The van der Waals surface area contributed by atoms with Gasteiger partial charge >= 0.3 is 0 Å². The van der Waals surface area contributed by atoms with Crippen LogP contribution in [0.2, 0.25) is 5.02 Å². The van der Waals surface area contributed by atoms with Crippen LogP contribution in [0, 0.1) is 12.8 Å². The summed E-state index contributed by atoms with van der Waals surface area (Å²) in [4.78, 5) is 4.70. The molecule has 0 atom stereocenters. The minimum atomic E-state index is 0.488. The first-order valence-corrected chi connectivity index (χ1v) is 8.85. The fourth-order valence-electron chi connectivity index (χ4n) is 2.41. The van der Waals surface area contributed by atoms with Gasteiger partial charge in [-0.15, -0.1) is 5.10 Å².